The molecule has 0 saturated carbocycles. The molecule has 2 aromatic rings. The molecule has 1 N–H and O–H groups in total. The normalized spacial score (nSPS) is 10.3. The molecule has 0 spiro atoms. The van der Waals surface area contributed by atoms with Crippen molar-refractivity contribution in [3.05, 3.63) is 52.9 Å². The smallest absolute Gasteiger partial charge is 0.337 e. The first-order chi connectivity index (χ1) is 8.65. The molecule has 0 radical (unpaired) electrons. The minimum Gasteiger partial charge on any atom is -0.478 e. The Kier molecular flexibility index (Phi) is 4.17. The molecule has 0 saturated heterocycles. The number of hydrogen-bond donors (Lipinski definition) is 1. The molecular formula is C12H9ClN2O2S. The average molecular weight is 281 g/mol. The molecule has 0 fully saturated rings. The summed E-state index contributed by atoms with van der Waals surface area (Å²) in [5, 5.41) is 9.98. The van der Waals surface area contributed by atoms with Crippen LogP contribution in [0.1, 0.15) is 15.9 Å². The van der Waals surface area contributed by atoms with E-state index in [2.05, 4.69) is 9.97 Å². The van der Waals surface area contributed by atoms with Crippen molar-refractivity contribution in [1.82, 2.24) is 9.97 Å². The van der Waals surface area contributed by atoms with Crippen molar-refractivity contribution >= 4 is 29.3 Å². The number of carbonyl (C=O) groups is 1. The molecular weight excluding hydrogens is 272 g/mol. The largest absolute Gasteiger partial charge is 0.478 e. The number of aromatic carboxylic acids is 1. The molecule has 0 atom stereocenters. The van der Waals surface area contributed by atoms with Gasteiger partial charge in [-0.15, -0.1) is 11.8 Å². The minimum absolute atomic E-state index is 0.188. The molecule has 0 aliphatic rings. The molecule has 6 heteroatoms. The van der Waals surface area contributed by atoms with E-state index in [0.717, 1.165) is 10.6 Å². The Labute approximate surface area is 113 Å². The van der Waals surface area contributed by atoms with Crippen LogP contribution in [0.2, 0.25) is 5.15 Å². The van der Waals surface area contributed by atoms with Crippen LogP contribution in [0.25, 0.3) is 0 Å². The molecule has 18 heavy (non-hydrogen) atoms. The first-order valence-corrected chi connectivity index (χ1v) is 6.44. The van der Waals surface area contributed by atoms with E-state index in [1.165, 1.54) is 24.0 Å². The first kappa shape index (κ1) is 12.9. The standard InChI is InChI=1S/C12H9ClN2O2S/c13-10-3-1-8(5-14-10)7-18-11-4-2-9(6-15-11)12(16)17/h1-6H,7H2,(H,16,17). The van der Waals surface area contributed by atoms with E-state index in [1.807, 2.05) is 6.07 Å². The fourth-order valence-electron chi connectivity index (χ4n) is 1.24. The highest BCUT2D eigenvalue weighted by molar-refractivity contribution is 7.98. The maximum Gasteiger partial charge on any atom is 0.337 e. The molecule has 2 aromatic heterocycles. The van der Waals surface area contributed by atoms with Crippen LogP contribution in [-0.4, -0.2) is 21.0 Å². The lowest BCUT2D eigenvalue weighted by molar-refractivity contribution is 0.0696. The number of pyridine rings is 2. The van der Waals surface area contributed by atoms with Gasteiger partial charge in [-0.3, -0.25) is 0 Å². The maximum atomic E-state index is 10.7. The molecule has 0 bridgehead atoms. The van der Waals surface area contributed by atoms with Crippen molar-refractivity contribution in [3.8, 4) is 0 Å². The number of aromatic nitrogens is 2. The lowest BCUT2D eigenvalue weighted by Gasteiger charge is -2.01. The van der Waals surface area contributed by atoms with E-state index < -0.39 is 5.97 Å². The molecule has 0 aliphatic heterocycles. The van der Waals surface area contributed by atoms with Crippen LogP contribution >= 0.6 is 23.4 Å². The summed E-state index contributed by atoms with van der Waals surface area (Å²) >= 11 is 7.20. The van der Waals surface area contributed by atoms with Gasteiger partial charge in [-0.05, 0) is 23.8 Å². The summed E-state index contributed by atoms with van der Waals surface area (Å²) in [6.45, 7) is 0. The zero-order valence-electron chi connectivity index (χ0n) is 9.21. The Morgan fingerprint density at radius 1 is 1.22 bits per heavy atom. The lowest BCUT2D eigenvalue weighted by Crippen LogP contribution is -1.96. The van der Waals surface area contributed by atoms with E-state index in [4.69, 9.17) is 16.7 Å². The zero-order chi connectivity index (χ0) is 13.0. The summed E-state index contributed by atoms with van der Waals surface area (Å²) in [7, 11) is 0. The van der Waals surface area contributed by atoms with Gasteiger partial charge in [-0.25, -0.2) is 14.8 Å². The fourth-order valence-corrected chi connectivity index (χ4v) is 2.13. The van der Waals surface area contributed by atoms with Crippen LogP contribution in [0.5, 0.6) is 0 Å². The number of halogens is 1. The molecule has 2 rings (SSSR count). The highest BCUT2D eigenvalue weighted by Crippen LogP contribution is 2.21. The van der Waals surface area contributed by atoms with E-state index >= 15 is 0 Å². The number of hydrogen-bond acceptors (Lipinski definition) is 4. The molecule has 92 valence electrons. The third-order valence-corrected chi connectivity index (χ3v) is 3.40. The second-order valence-corrected chi connectivity index (χ2v) is 4.85. The number of carboxylic acid groups (broad SMARTS) is 1. The summed E-state index contributed by atoms with van der Waals surface area (Å²) in [6, 6.07) is 6.86. The van der Waals surface area contributed by atoms with Crippen LogP contribution in [0.4, 0.5) is 0 Å². The second kappa shape index (κ2) is 5.84. The van der Waals surface area contributed by atoms with Crippen molar-refractivity contribution in [3.63, 3.8) is 0 Å². The molecule has 4 nitrogen and oxygen atoms in total. The van der Waals surface area contributed by atoms with Crippen LogP contribution in [0.3, 0.4) is 0 Å². The van der Waals surface area contributed by atoms with Gasteiger partial charge in [-0.2, -0.15) is 0 Å². The Morgan fingerprint density at radius 2 is 2.06 bits per heavy atom. The zero-order valence-corrected chi connectivity index (χ0v) is 10.8. The van der Waals surface area contributed by atoms with Gasteiger partial charge in [0.05, 0.1) is 10.6 Å². The maximum absolute atomic E-state index is 10.7. The quantitative estimate of drug-likeness (QED) is 0.689. The summed E-state index contributed by atoms with van der Waals surface area (Å²) in [4.78, 5) is 18.7. The minimum atomic E-state index is -0.971. The monoisotopic (exact) mass is 280 g/mol. The number of thioether (sulfide) groups is 1. The van der Waals surface area contributed by atoms with Crippen LogP contribution in [0, 0.1) is 0 Å². The van der Waals surface area contributed by atoms with Crippen molar-refractivity contribution < 1.29 is 9.90 Å². The summed E-state index contributed by atoms with van der Waals surface area (Å²) < 4.78 is 0. The van der Waals surface area contributed by atoms with Crippen LogP contribution in [-0.2, 0) is 5.75 Å². The Bertz CT molecular complexity index is 543. The molecule has 0 aromatic carbocycles. The van der Waals surface area contributed by atoms with E-state index in [1.54, 1.807) is 18.3 Å². The molecule has 0 aliphatic carbocycles. The van der Waals surface area contributed by atoms with Crippen LogP contribution in [0.15, 0.2) is 41.7 Å². The van der Waals surface area contributed by atoms with Crippen molar-refractivity contribution in [2.75, 3.05) is 0 Å². The van der Waals surface area contributed by atoms with Gasteiger partial charge >= 0.3 is 5.97 Å². The van der Waals surface area contributed by atoms with Gasteiger partial charge in [0.2, 0.25) is 0 Å². The second-order valence-electron chi connectivity index (χ2n) is 3.47. The van der Waals surface area contributed by atoms with Gasteiger partial charge in [-0.1, -0.05) is 17.7 Å². The molecule has 2 heterocycles. The van der Waals surface area contributed by atoms with Crippen molar-refractivity contribution in [1.29, 1.82) is 0 Å². The highest BCUT2D eigenvalue weighted by Gasteiger charge is 2.03. The van der Waals surface area contributed by atoms with E-state index in [9.17, 15) is 4.79 Å². The third-order valence-electron chi connectivity index (χ3n) is 2.16. The topological polar surface area (TPSA) is 63.1 Å². The highest BCUT2D eigenvalue weighted by atomic mass is 35.5. The van der Waals surface area contributed by atoms with Crippen molar-refractivity contribution in [2.24, 2.45) is 0 Å². The fraction of sp³-hybridized carbons (Fsp3) is 0.0833. The summed E-state index contributed by atoms with van der Waals surface area (Å²) in [5.41, 5.74) is 1.22. The predicted octanol–water partition coefficient (Wildman–Crippen LogP) is 3.12. The Morgan fingerprint density at radius 3 is 2.61 bits per heavy atom. The summed E-state index contributed by atoms with van der Waals surface area (Å²) in [6.07, 6.45) is 3.06. The number of carboxylic acids is 1. The van der Waals surface area contributed by atoms with Gasteiger partial charge in [0.1, 0.15) is 5.15 Å². The van der Waals surface area contributed by atoms with Gasteiger partial charge in [0.15, 0.2) is 0 Å². The van der Waals surface area contributed by atoms with E-state index in [0.29, 0.717) is 10.9 Å². The van der Waals surface area contributed by atoms with Crippen molar-refractivity contribution in [2.45, 2.75) is 10.8 Å². The van der Waals surface area contributed by atoms with Gasteiger partial charge < -0.3 is 5.11 Å². The Hall–Kier alpha value is -1.59. The molecule has 0 unspecified atom stereocenters. The number of rotatable bonds is 4. The summed E-state index contributed by atoms with van der Waals surface area (Å²) in [5.74, 6) is -0.259. The van der Waals surface area contributed by atoms with E-state index in [-0.39, 0.29) is 5.56 Å². The van der Waals surface area contributed by atoms with Gasteiger partial charge in [0, 0.05) is 18.1 Å². The Balaban J connectivity index is 1.97. The molecule has 0 amide bonds. The first-order valence-electron chi connectivity index (χ1n) is 5.08. The average Bonchev–Trinajstić information content (AvgIpc) is 2.38. The predicted molar refractivity (Wildman–Crippen MR) is 70.0 cm³/mol. The SMILES string of the molecule is O=C(O)c1ccc(SCc2ccc(Cl)nc2)nc1. The number of nitrogens with zero attached hydrogens (tertiary/aromatic N) is 2. The van der Waals surface area contributed by atoms with Crippen LogP contribution < -0.4 is 0 Å². The third kappa shape index (κ3) is 3.45. The van der Waals surface area contributed by atoms with Gasteiger partial charge in [0.25, 0.3) is 0 Å². The lowest BCUT2D eigenvalue weighted by atomic mass is 10.3.